The normalized spacial score (nSPS) is 10.3. The number of nitrogens with two attached hydrogens (primary N) is 1. The number of benzene rings is 1. The molecule has 1 aromatic heterocycles. The van der Waals surface area contributed by atoms with Crippen LogP contribution < -0.4 is 15.8 Å². The monoisotopic (exact) mass is 280 g/mol. The maximum absolute atomic E-state index is 11.3. The van der Waals surface area contributed by atoms with E-state index in [4.69, 9.17) is 22.1 Å². The molecule has 0 aliphatic heterocycles. The Morgan fingerprint density at radius 2 is 2.26 bits per heavy atom. The van der Waals surface area contributed by atoms with Gasteiger partial charge in [0.15, 0.2) is 0 Å². The molecule has 1 heterocycles. The summed E-state index contributed by atoms with van der Waals surface area (Å²) in [5.41, 5.74) is 7.45. The van der Waals surface area contributed by atoms with Crippen LogP contribution in [0.15, 0.2) is 18.3 Å². The van der Waals surface area contributed by atoms with Crippen LogP contribution in [0.1, 0.15) is 6.92 Å². The van der Waals surface area contributed by atoms with E-state index in [0.29, 0.717) is 33.4 Å². The van der Waals surface area contributed by atoms with E-state index in [1.807, 2.05) is 0 Å². The van der Waals surface area contributed by atoms with E-state index < -0.39 is 0 Å². The fourth-order valence-corrected chi connectivity index (χ4v) is 2.05. The lowest BCUT2D eigenvalue weighted by molar-refractivity contribution is -0.114. The van der Waals surface area contributed by atoms with E-state index in [2.05, 4.69) is 15.5 Å². The number of nitrogen functional groups attached to an aromatic ring is 1. The standard InChI is InChI=1S/C12H13ClN4O2/c1-6(18)16-11-9(19-2)4-3-8(13)10(11)7-5-15-17-12(7)14/h3-5H,1-2H3,(H,16,18)(H3,14,15,17). The Labute approximate surface area is 114 Å². The van der Waals surface area contributed by atoms with Gasteiger partial charge in [0.25, 0.3) is 0 Å². The lowest BCUT2D eigenvalue weighted by atomic mass is 10.1. The molecule has 2 rings (SSSR count). The van der Waals surface area contributed by atoms with Gasteiger partial charge in [-0.15, -0.1) is 0 Å². The van der Waals surface area contributed by atoms with Crippen molar-refractivity contribution >= 4 is 29.0 Å². The summed E-state index contributed by atoms with van der Waals surface area (Å²) in [6, 6.07) is 3.35. The molecule has 1 aromatic carbocycles. The third-order valence-electron chi connectivity index (χ3n) is 2.58. The summed E-state index contributed by atoms with van der Waals surface area (Å²) in [6.07, 6.45) is 1.54. The van der Waals surface area contributed by atoms with Gasteiger partial charge < -0.3 is 15.8 Å². The first-order valence-corrected chi connectivity index (χ1v) is 5.85. The molecule has 0 radical (unpaired) electrons. The number of aromatic nitrogens is 2. The van der Waals surface area contributed by atoms with Crippen LogP contribution in [0.25, 0.3) is 11.1 Å². The van der Waals surface area contributed by atoms with Crippen molar-refractivity contribution in [3.63, 3.8) is 0 Å². The summed E-state index contributed by atoms with van der Waals surface area (Å²) in [4.78, 5) is 11.3. The van der Waals surface area contributed by atoms with Crippen LogP contribution in [-0.2, 0) is 4.79 Å². The molecule has 0 aliphatic carbocycles. The zero-order valence-electron chi connectivity index (χ0n) is 10.5. The average molecular weight is 281 g/mol. The predicted molar refractivity (Wildman–Crippen MR) is 74.3 cm³/mol. The minimum absolute atomic E-state index is 0.233. The van der Waals surface area contributed by atoms with E-state index in [1.54, 1.807) is 18.3 Å². The van der Waals surface area contributed by atoms with Gasteiger partial charge in [-0.3, -0.25) is 9.89 Å². The van der Waals surface area contributed by atoms with Crippen LogP contribution >= 0.6 is 11.6 Å². The number of carbonyl (C=O) groups is 1. The number of hydrogen-bond acceptors (Lipinski definition) is 4. The van der Waals surface area contributed by atoms with Gasteiger partial charge in [-0.25, -0.2) is 0 Å². The fraction of sp³-hybridized carbons (Fsp3) is 0.167. The number of amides is 1. The highest BCUT2D eigenvalue weighted by Crippen LogP contribution is 2.42. The van der Waals surface area contributed by atoms with Gasteiger partial charge in [0.05, 0.1) is 24.0 Å². The number of carbonyl (C=O) groups excluding carboxylic acids is 1. The fourth-order valence-electron chi connectivity index (χ4n) is 1.79. The number of ether oxygens (including phenoxy) is 1. The number of nitrogens with one attached hydrogen (secondary N) is 2. The van der Waals surface area contributed by atoms with Crippen LogP contribution in [-0.4, -0.2) is 23.2 Å². The molecule has 0 atom stereocenters. The number of H-pyrrole nitrogens is 1. The van der Waals surface area contributed by atoms with E-state index in [-0.39, 0.29) is 5.91 Å². The number of anilines is 2. The van der Waals surface area contributed by atoms with E-state index >= 15 is 0 Å². The Morgan fingerprint density at radius 1 is 1.53 bits per heavy atom. The molecular formula is C12H13ClN4O2. The Balaban J connectivity index is 2.70. The summed E-state index contributed by atoms with van der Waals surface area (Å²) < 4.78 is 5.24. The van der Waals surface area contributed by atoms with Crippen molar-refractivity contribution in [2.24, 2.45) is 0 Å². The minimum atomic E-state index is -0.233. The maximum Gasteiger partial charge on any atom is 0.221 e. The molecule has 4 N–H and O–H groups in total. The molecule has 0 unspecified atom stereocenters. The number of halogens is 1. The number of methoxy groups -OCH3 is 1. The molecule has 7 heteroatoms. The molecule has 0 spiro atoms. The highest BCUT2D eigenvalue weighted by molar-refractivity contribution is 6.34. The van der Waals surface area contributed by atoms with Crippen LogP contribution in [0.5, 0.6) is 5.75 Å². The second-order valence-electron chi connectivity index (χ2n) is 3.88. The van der Waals surface area contributed by atoms with Crippen molar-refractivity contribution in [1.82, 2.24) is 10.2 Å². The molecule has 0 saturated carbocycles. The number of rotatable bonds is 3. The van der Waals surface area contributed by atoms with Crippen molar-refractivity contribution in [1.29, 1.82) is 0 Å². The van der Waals surface area contributed by atoms with Gasteiger partial charge in [0.2, 0.25) is 5.91 Å². The van der Waals surface area contributed by atoms with Gasteiger partial charge in [0, 0.05) is 18.1 Å². The van der Waals surface area contributed by atoms with Gasteiger partial charge >= 0.3 is 0 Å². The average Bonchev–Trinajstić information content (AvgIpc) is 2.75. The Bertz CT molecular complexity index is 624. The molecular weight excluding hydrogens is 268 g/mol. The minimum Gasteiger partial charge on any atom is -0.495 e. The van der Waals surface area contributed by atoms with Crippen molar-refractivity contribution in [2.45, 2.75) is 6.92 Å². The van der Waals surface area contributed by atoms with Gasteiger partial charge in [-0.1, -0.05) is 11.6 Å². The molecule has 1 amide bonds. The SMILES string of the molecule is COc1ccc(Cl)c(-c2cn[nH]c2N)c1NC(C)=O. The first-order chi connectivity index (χ1) is 9.04. The Kier molecular flexibility index (Phi) is 3.62. The molecule has 0 bridgehead atoms. The van der Waals surface area contributed by atoms with Gasteiger partial charge in [0.1, 0.15) is 11.6 Å². The zero-order valence-corrected chi connectivity index (χ0v) is 11.2. The van der Waals surface area contributed by atoms with Crippen LogP contribution in [0.2, 0.25) is 5.02 Å². The predicted octanol–water partition coefficient (Wildman–Crippen LogP) is 2.28. The summed E-state index contributed by atoms with van der Waals surface area (Å²) in [5.74, 6) is 0.626. The summed E-state index contributed by atoms with van der Waals surface area (Å²) in [5, 5.41) is 9.63. The lowest BCUT2D eigenvalue weighted by Crippen LogP contribution is -2.09. The third-order valence-corrected chi connectivity index (χ3v) is 2.89. The Hall–Kier alpha value is -2.21. The second-order valence-corrected chi connectivity index (χ2v) is 4.29. The van der Waals surface area contributed by atoms with E-state index in [9.17, 15) is 4.79 Å². The first-order valence-electron chi connectivity index (χ1n) is 5.48. The molecule has 0 saturated heterocycles. The zero-order chi connectivity index (χ0) is 14.0. The smallest absolute Gasteiger partial charge is 0.221 e. The molecule has 0 fully saturated rings. The third kappa shape index (κ3) is 2.48. The summed E-state index contributed by atoms with van der Waals surface area (Å²) >= 11 is 6.20. The van der Waals surface area contributed by atoms with Gasteiger partial charge in [-0.05, 0) is 12.1 Å². The molecule has 2 aromatic rings. The number of hydrogen-bond donors (Lipinski definition) is 3. The maximum atomic E-state index is 11.3. The first kappa shape index (κ1) is 13.2. The molecule has 6 nitrogen and oxygen atoms in total. The lowest BCUT2D eigenvalue weighted by Gasteiger charge is -2.15. The van der Waals surface area contributed by atoms with Crippen LogP contribution in [0, 0.1) is 0 Å². The van der Waals surface area contributed by atoms with Crippen molar-refractivity contribution in [3.05, 3.63) is 23.4 Å². The van der Waals surface area contributed by atoms with Crippen molar-refractivity contribution in [2.75, 3.05) is 18.2 Å². The quantitative estimate of drug-likeness (QED) is 0.804. The summed E-state index contributed by atoms with van der Waals surface area (Å²) in [6.45, 7) is 1.41. The van der Waals surface area contributed by atoms with E-state index in [1.165, 1.54) is 14.0 Å². The van der Waals surface area contributed by atoms with Gasteiger partial charge in [-0.2, -0.15) is 5.10 Å². The van der Waals surface area contributed by atoms with Crippen molar-refractivity contribution < 1.29 is 9.53 Å². The second kappa shape index (κ2) is 5.19. The number of nitrogens with zero attached hydrogens (tertiary/aromatic N) is 1. The van der Waals surface area contributed by atoms with Crippen LogP contribution in [0.3, 0.4) is 0 Å². The Morgan fingerprint density at radius 3 is 2.79 bits per heavy atom. The molecule has 0 aliphatic rings. The highest BCUT2D eigenvalue weighted by atomic mass is 35.5. The highest BCUT2D eigenvalue weighted by Gasteiger charge is 2.18. The van der Waals surface area contributed by atoms with E-state index in [0.717, 1.165) is 0 Å². The number of aromatic amines is 1. The molecule has 19 heavy (non-hydrogen) atoms. The molecule has 100 valence electrons. The largest absolute Gasteiger partial charge is 0.495 e. The van der Waals surface area contributed by atoms with Crippen molar-refractivity contribution in [3.8, 4) is 16.9 Å². The summed E-state index contributed by atoms with van der Waals surface area (Å²) in [7, 11) is 1.51. The van der Waals surface area contributed by atoms with Crippen LogP contribution in [0.4, 0.5) is 11.5 Å². The topological polar surface area (TPSA) is 93.0 Å².